The minimum atomic E-state index is 0.0450. The molecule has 0 saturated heterocycles. The number of rotatable bonds is 3. The molecule has 0 fully saturated rings. The zero-order valence-electron chi connectivity index (χ0n) is 9.77. The Morgan fingerprint density at radius 2 is 2.00 bits per heavy atom. The van der Waals surface area contributed by atoms with Crippen LogP contribution in [0.5, 0.6) is 0 Å². The number of fused-ring (bicyclic) bond motifs is 1. The van der Waals surface area contributed by atoms with E-state index in [4.69, 9.17) is 5.73 Å². The van der Waals surface area contributed by atoms with Gasteiger partial charge in [0.1, 0.15) is 5.82 Å². The van der Waals surface area contributed by atoms with Crippen molar-refractivity contribution in [2.45, 2.75) is 5.92 Å². The van der Waals surface area contributed by atoms with Crippen LogP contribution in [0.1, 0.15) is 17.3 Å². The Bertz CT molecular complexity index is 647. The fourth-order valence-electron chi connectivity index (χ4n) is 2.09. The Kier molecular flexibility index (Phi) is 2.74. The molecular weight excluding hydrogens is 226 g/mol. The molecule has 0 amide bonds. The third kappa shape index (κ3) is 1.74. The average Bonchev–Trinajstić information content (AvgIpc) is 2.85. The normalized spacial score (nSPS) is 12.7. The van der Waals surface area contributed by atoms with E-state index in [-0.39, 0.29) is 5.92 Å². The molecule has 0 radical (unpaired) electrons. The van der Waals surface area contributed by atoms with E-state index in [1.807, 2.05) is 28.8 Å². The Morgan fingerprint density at radius 3 is 2.78 bits per heavy atom. The molecule has 3 rings (SSSR count). The van der Waals surface area contributed by atoms with Crippen molar-refractivity contribution in [2.75, 3.05) is 6.54 Å². The van der Waals surface area contributed by atoms with E-state index in [0.29, 0.717) is 6.54 Å². The molecule has 18 heavy (non-hydrogen) atoms. The maximum atomic E-state index is 5.89. The van der Waals surface area contributed by atoms with Crippen LogP contribution < -0.4 is 5.73 Å². The molecule has 0 bridgehead atoms. The molecule has 3 aromatic rings. The highest BCUT2D eigenvalue weighted by Crippen LogP contribution is 2.21. The second-order valence-corrected chi connectivity index (χ2v) is 4.06. The Labute approximate surface area is 104 Å². The third-order valence-corrected chi connectivity index (χ3v) is 2.99. The standard InChI is InChI=1S/C13H13N5/c14-8-11(10-4-2-1-3-5-10)13-17-16-12-9-15-6-7-18(12)13/h1-7,9,11H,8,14H2. The largest absolute Gasteiger partial charge is 0.329 e. The lowest BCUT2D eigenvalue weighted by atomic mass is 9.98. The minimum absolute atomic E-state index is 0.0450. The number of hydrogen-bond acceptors (Lipinski definition) is 4. The van der Waals surface area contributed by atoms with Crippen LogP contribution in [0, 0.1) is 0 Å². The SMILES string of the molecule is NCC(c1ccccc1)c1nnc2cnccn12. The van der Waals surface area contributed by atoms with E-state index in [2.05, 4.69) is 27.3 Å². The third-order valence-electron chi connectivity index (χ3n) is 2.99. The lowest BCUT2D eigenvalue weighted by Gasteiger charge is -2.13. The van der Waals surface area contributed by atoms with Crippen molar-refractivity contribution >= 4 is 5.65 Å². The zero-order valence-corrected chi connectivity index (χ0v) is 9.77. The molecule has 0 saturated carbocycles. The minimum Gasteiger partial charge on any atom is -0.329 e. The number of nitrogens with zero attached hydrogens (tertiary/aromatic N) is 4. The van der Waals surface area contributed by atoms with Gasteiger partial charge in [-0.15, -0.1) is 10.2 Å². The first-order valence-corrected chi connectivity index (χ1v) is 5.80. The van der Waals surface area contributed by atoms with Crippen LogP contribution in [0.2, 0.25) is 0 Å². The van der Waals surface area contributed by atoms with Crippen LogP contribution in [-0.4, -0.2) is 26.1 Å². The van der Waals surface area contributed by atoms with E-state index in [1.165, 1.54) is 0 Å². The molecule has 2 N–H and O–H groups in total. The van der Waals surface area contributed by atoms with Crippen molar-refractivity contribution in [1.82, 2.24) is 19.6 Å². The molecule has 0 aliphatic carbocycles. The van der Waals surface area contributed by atoms with Gasteiger partial charge < -0.3 is 5.73 Å². The van der Waals surface area contributed by atoms with E-state index in [9.17, 15) is 0 Å². The first-order valence-electron chi connectivity index (χ1n) is 5.80. The molecule has 5 nitrogen and oxygen atoms in total. The van der Waals surface area contributed by atoms with Gasteiger partial charge >= 0.3 is 0 Å². The van der Waals surface area contributed by atoms with Gasteiger partial charge in [-0.3, -0.25) is 9.38 Å². The second kappa shape index (κ2) is 4.54. The van der Waals surface area contributed by atoms with Gasteiger partial charge in [0, 0.05) is 18.9 Å². The van der Waals surface area contributed by atoms with Crippen molar-refractivity contribution in [1.29, 1.82) is 0 Å². The van der Waals surface area contributed by atoms with Crippen molar-refractivity contribution in [3.05, 3.63) is 60.3 Å². The second-order valence-electron chi connectivity index (χ2n) is 4.06. The average molecular weight is 239 g/mol. The van der Waals surface area contributed by atoms with Crippen molar-refractivity contribution in [3.63, 3.8) is 0 Å². The Balaban J connectivity index is 2.12. The molecule has 5 heteroatoms. The molecule has 1 unspecified atom stereocenters. The summed E-state index contributed by atoms with van der Waals surface area (Å²) >= 11 is 0. The van der Waals surface area contributed by atoms with Crippen LogP contribution in [0.3, 0.4) is 0 Å². The molecule has 0 aliphatic heterocycles. The Hall–Kier alpha value is -2.27. The van der Waals surface area contributed by atoms with Crippen LogP contribution >= 0.6 is 0 Å². The van der Waals surface area contributed by atoms with Crippen LogP contribution in [0.25, 0.3) is 5.65 Å². The number of nitrogens with two attached hydrogens (primary N) is 1. The van der Waals surface area contributed by atoms with Gasteiger partial charge in [0.05, 0.1) is 12.1 Å². The summed E-state index contributed by atoms with van der Waals surface area (Å²) < 4.78 is 1.93. The molecule has 1 aromatic carbocycles. The quantitative estimate of drug-likeness (QED) is 0.746. The van der Waals surface area contributed by atoms with Crippen molar-refractivity contribution in [3.8, 4) is 0 Å². The maximum absolute atomic E-state index is 5.89. The molecular formula is C13H13N5. The Morgan fingerprint density at radius 1 is 1.17 bits per heavy atom. The van der Waals surface area contributed by atoms with E-state index < -0.39 is 0 Å². The number of aromatic nitrogens is 4. The predicted octanol–water partition coefficient (Wildman–Crippen LogP) is 1.21. The van der Waals surface area contributed by atoms with E-state index >= 15 is 0 Å². The van der Waals surface area contributed by atoms with E-state index in [0.717, 1.165) is 17.0 Å². The molecule has 1 atom stereocenters. The van der Waals surface area contributed by atoms with Crippen LogP contribution in [0.4, 0.5) is 0 Å². The lowest BCUT2D eigenvalue weighted by molar-refractivity contribution is 0.737. The lowest BCUT2D eigenvalue weighted by Crippen LogP contribution is -2.16. The summed E-state index contributed by atoms with van der Waals surface area (Å²) in [7, 11) is 0. The monoisotopic (exact) mass is 239 g/mol. The summed E-state index contributed by atoms with van der Waals surface area (Å²) in [6.45, 7) is 0.493. The molecule has 2 heterocycles. The van der Waals surface area contributed by atoms with Gasteiger partial charge in [-0.25, -0.2) is 0 Å². The van der Waals surface area contributed by atoms with Crippen molar-refractivity contribution < 1.29 is 0 Å². The van der Waals surface area contributed by atoms with E-state index in [1.54, 1.807) is 12.4 Å². The van der Waals surface area contributed by atoms with Gasteiger partial charge in [0.2, 0.25) is 0 Å². The van der Waals surface area contributed by atoms with Gasteiger partial charge in [0.25, 0.3) is 0 Å². The summed E-state index contributed by atoms with van der Waals surface area (Å²) in [5.41, 5.74) is 7.77. The molecule has 90 valence electrons. The van der Waals surface area contributed by atoms with Gasteiger partial charge in [0.15, 0.2) is 5.65 Å². The molecule has 0 aliphatic rings. The predicted molar refractivity (Wildman–Crippen MR) is 68.1 cm³/mol. The number of hydrogen-bond donors (Lipinski definition) is 1. The van der Waals surface area contributed by atoms with Crippen molar-refractivity contribution in [2.24, 2.45) is 5.73 Å². The fourth-order valence-corrected chi connectivity index (χ4v) is 2.09. The fraction of sp³-hybridized carbons (Fsp3) is 0.154. The summed E-state index contributed by atoms with van der Waals surface area (Å²) in [6, 6.07) is 10.1. The van der Waals surface area contributed by atoms with Crippen LogP contribution in [-0.2, 0) is 0 Å². The zero-order chi connectivity index (χ0) is 12.4. The first-order chi connectivity index (χ1) is 8.90. The van der Waals surface area contributed by atoms with Gasteiger partial charge in [-0.1, -0.05) is 30.3 Å². The topological polar surface area (TPSA) is 69.1 Å². The number of benzene rings is 1. The summed E-state index contributed by atoms with van der Waals surface area (Å²) in [5.74, 6) is 0.893. The van der Waals surface area contributed by atoms with Crippen LogP contribution in [0.15, 0.2) is 48.9 Å². The summed E-state index contributed by atoms with van der Waals surface area (Å²) in [6.07, 6.45) is 5.27. The highest BCUT2D eigenvalue weighted by Gasteiger charge is 2.18. The smallest absolute Gasteiger partial charge is 0.179 e. The van der Waals surface area contributed by atoms with Gasteiger partial charge in [-0.2, -0.15) is 0 Å². The maximum Gasteiger partial charge on any atom is 0.179 e. The summed E-state index contributed by atoms with van der Waals surface area (Å²) in [4.78, 5) is 4.03. The molecule has 2 aromatic heterocycles. The summed E-state index contributed by atoms with van der Waals surface area (Å²) in [5, 5.41) is 8.34. The van der Waals surface area contributed by atoms with Gasteiger partial charge in [-0.05, 0) is 5.56 Å². The highest BCUT2D eigenvalue weighted by molar-refractivity contribution is 5.37. The highest BCUT2D eigenvalue weighted by atomic mass is 15.3. The molecule has 0 spiro atoms. The first kappa shape index (κ1) is 10.9.